The molecule has 1 aromatic heterocycles. The molecule has 0 spiro atoms. The van der Waals surface area contributed by atoms with E-state index in [2.05, 4.69) is 24.2 Å². The summed E-state index contributed by atoms with van der Waals surface area (Å²) >= 11 is 0. The van der Waals surface area contributed by atoms with Gasteiger partial charge in [-0.25, -0.2) is 5.84 Å². The van der Waals surface area contributed by atoms with Crippen LogP contribution in [-0.2, 0) is 11.3 Å². The molecule has 0 aliphatic rings. The summed E-state index contributed by atoms with van der Waals surface area (Å²) in [6, 6.07) is 3.92. The van der Waals surface area contributed by atoms with E-state index in [9.17, 15) is 4.79 Å². The molecule has 0 radical (unpaired) electrons. The number of hydrazine groups is 1. The Morgan fingerprint density at radius 2 is 2.15 bits per heavy atom. The van der Waals surface area contributed by atoms with Crippen molar-refractivity contribution in [2.45, 2.75) is 39.3 Å². The second-order valence-electron chi connectivity index (χ2n) is 4.67. The average molecular weight is 283 g/mol. The van der Waals surface area contributed by atoms with Crippen LogP contribution in [0.1, 0.15) is 43.0 Å². The summed E-state index contributed by atoms with van der Waals surface area (Å²) < 4.78 is 10.7. The molecule has 0 saturated heterocycles. The van der Waals surface area contributed by atoms with Gasteiger partial charge in [-0.1, -0.05) is 13.8 Å². The molecule has 0 aliphatic carbocycles. The van der Waals surface area contributed by atoms with Crippen molar-refractivity contribution in [3.8, 4) is 0 Å². The number of carbonyl (C=O) groups is 1. The van der Waals surface area contributed by atoms with Crippen LogP contribution < -0.4 is 11.3 Å². The van der Waals surface area contributed by atoms with Crippen LogP contribution in [0, 0.1) is 0 Å². The zero-order valence-electron chi connectivity index (χ0n) is 12.5. The van der Waals surface area contributed by atoms with Gasteiger partial charge < -0.3 is 9.15 Å². The first-order valence-electron chi connectivity index (χ1n) is 6.98. The molecule has 0 atom stereocenters. The van der Waals surface area contributed by atoms with E-state index in [4.69, 9.17) is 15.0 Å². The monoisotopic (exact) mass is 283 g/mol. The maximum absolute atomic E-state index is 11.4. The van der Waals surface area contributed by atoms with Crippen LogP contribution in [0.5, 0.6) is 0 Å². The zero-order chi connectivity index (χ0) is 15.0. The van der Waals surface area contributed by atoms with Gasteiger partial charge in [-0.3, -0.25) is 15.1 Å². The number of furan rings is 1. The van der Waals surface area contributed by atoms with Gasteiger partial charge in [0.1, 0.15) is 5.76 Å². The van der Waals surface area contributed by atoms with Crippen LogP contribution in [0.4, 0.5) is 0 Å². The number of nitrogens with two attached hydrogens (primary N) is 1. The number of nitrogens with one attached hydrogen (secondary N) is 1. The Morgan fingerprint density at radius 3 is 2.70 bits per heavy atom. The predicted molar refractivity (Wildman–Crippen MR) is 77.0 cm³/mol. The summed E-state index contributed by atoms with van der Waals surface area (Å²) in [5, 5.41) is 0. The number of rotatable bonds is 9. The van der Waals surface area contributed by atoms with Crippen molar-refractivity contribution < 1.29 is 13.9 Å². The lowest BCUT2D eigenvalue weighted by Crippen LogP contribution is -2.36. The van der Waals surface area contributed by atoms with Gasteiger partial charge in [0.15, 0.2) is 5.76 Å². The van der Waals surface area contributed by atoms with Crippen molar-refractivity contribution in [1.82, 2.24) is 10.3 Å². The van der Waals surface area contributed by atoms with Gasteiger partial charge in [0.2, 0.25) is 0 Å². The van der Waals surface area contributed by atoms with Crippen molar-refractivity contribution in [2.75, 3.05) is 20.3 Å². The van der Waals surface area contributed by atoms with Crippen molar-refractivity contribution >= 4 is 5.91 Å². The van der Waals surface area contributed by atoms with E-state index in [1.54, 1.807) is 13.2 Å². The number of methoxy groups -OCH3 is 1. The Hall–Kier alpha value is -1.37. The molecule has 0 fully saturated rings. The minimum atomic E-state index is -0.415. The van der Waals surface area contributed by atoms with E-state index in [1.807, 2.05) is 6.07 Å². The number of carbonyl (C=O) groups excluding carboxylic acids is 1. The Morgan fingerprint density at radius 1 is 1.45 bits per heavy atom. The minimum Gasteiger partial charge on any atom is -0.455 e. The molecule has 0 bridgehead atoms. The molecular formula is C14H25N3O3. The normalized spacial score (nSPS) is 11.3. The summed E-state index contributed by atoms with van der Waals surface area (Å²) in [4.78, 5) is 13.7. The first kappa shape index (κ1) is 16.7. The fourth-order valence-corrected chi connectivity index (χ4v) is 2.26. The van der Waals surface area contributed by atoms with Crippen LogP contribution in [-0.4, -0.2) is 37.1 Å². The van der Waals surface area contributed by atoms with Crippen molar-refractivity contribution in [3.63, 3.8) is 0 Å². The largest absolute Gasteiger partial charge is 0.455 e. The third-order valence-electron chi connectivity index (χ3n) is 3.42. The molecule has 1 heterocycles. The first-order valence-corrected chi connectivity index (χ1v) is 6.98. The summed E-state index contributed by atoms with van der Waals surface area (Å²) in [6.45, 7) is 6.51. The molecular weight excluding hydrogens is 258 g/mol. The number of nitrogen functional groups attached to an aromatic ring is 1. The fraction of sp³-hybridized carbons (Fsp3) is 0.643. The average Bonchev–Trinajstić information content (AvgIpc) is 2.93. The fourth-order valence-electron chi connectivity index (χ4n) is 2.26. The standard InChI is InChI=1S/C14H25N3O3/c1-4-11(5-2)17(8-9-19-3)10-12-6-7-13(20-12)14(18)16-15/h6-7,11H,4-5,8-10,15H2,1-3H3,(H,16,18). The Labute approximate surface area is 120 Å². The van der Waals surface area contributed by atoms with E-state index >= 15 is 0 Å². The maximum Gasteiger partial charge on any atom is 0.300 e. The zero-order valence-corrected chi connectivity index (χ0v) is 12.5. The van der Waals surface area contributed by atoms with Crippen molar-refractivity contribution in [1.29, 1.82) is 0 Å². The second-order valence-corrected chi connectivity index (χ2v) is 4.67. The van der Waals surface area contributed by atoms with Crippen LogP contribution in [0.15, 0.2) is 16.5 Å². The number of amides is 1. The smallest absolute Gasteiger partial charge is 0.300 e. The lowest BCUT2D eigenvalue weighted by Gasteiger charge is -2.29. The predicted octanol–water partition coefficient (Wildman–Crippen LogP) is 1.52. The number of hydrogen-bond acceptors (Lipinski definition) is 5. The molecule has 20 heavy (non-hydrogen) atoms. The van der Waals surface area contributed by atoms with Gasteiger partial charge in [0.25, 0.3) is 0 Å². The van der Waals surface area contributed by atoms with Gasteiger partial charge in [-0.2, -0.15) is 0 Å². The molecule has 0 unspecified atom stereocenters. The molecule has 1 rings (SSSR count). The summed E-state index contributed by atoms with van der Waals surface area (Å²) in [6.07, 6.45) is 2.13. The third kappa shape index (κ3) is 4.63. The molecule has 1 aromatic rings. The van der Waals surface area contributed by atoms with Crippen LogP contribution in [0.2, 0.25) is 0 Å². The number of nitrogens with zero attached hydrogens (tertiary/aromatic N) is 1. The molecule has 0 aromatic carbocycles. The van der Waals surface area contributed by atoms with E-state index in [-0.39, 0.29) is 5.76 Å². The van der Waals surface area contributed by atoms with Crippen molar-refractivity contribution in [2.24, 2.45) is 5.84 Å². The van der Waals surface area contributed by atoms with E-state index in [1.165, 1.54) is 0 Å². The SMILES string of the molecule is CCC(CC)N(CCOC)Cc1ccc(C(=O)NN)o1. The third-order valence-corrected chi connectivity index (χ3v) is 3.42. The lowest BCUT2D eigenvalue weighted by molar-refractivity contribution is 0.0906. The Balaban J connectivity index is 2.72. The van der Waals surface area contributed by atoms with Gasteiger partial charge in [0.05, 0.1) is 13.2 Å². The van der Waals surface area contributed by atoms with Gasteiger partial charge in [-0.15, -0.1) is 0 Å². The molecule has 6 heteroatoms. The maximum atomic E-state index is 11.4. The minimum absolute atomic E-state index is 0.235. The summed E-state index contributed by atoms with van der Waals surface area (Å²) in [7, 11) is 1.70. The molecule has 6 nitrogen and oxygen atoms in total. The van der Waals surface area contributed by atoms with E-state index in [0.717, 1.165) is 25.1 Å². The second kappa shape index (κ2) is 8.73. The molecule has 0 saturated carbocycles. The lowest BCUT2D eigenvalue weighted by atomic mass is 10.1. The topological polar surface area (TPSA) is 80.7 Å². The van der Waals surface area contributed by atoms with Gasteiger partial charge in [-0.05, 0) is 25.0 Å². The van der Waals surface area contributed by atoms with Crippen LogP contribution >= 0.6 is 0 Å². The van der Waals surface area contributed by atoms with E-state index in [0.29, 0.717) is 19.2 Å². The van der Waals surface area contributed by atoms with Crippen LogP contribution in [0.3, 0.4) is 0 Å². The van der Waals surface area contributed by atoms with Crippen LogP contribution in [0.25, 0.3) is 0 Å². The van der Waals surface area contributed by atoms with Crippen molar-refractivity contribution in [3.05, 3.63) is 23.7 Å². The molecule has 114 valence electrons. The summed E-state index contributed by atoms with van der Waals surface area (Å²) in [5.41, 5.74) is 2.06. The quantitative estimate of drug-likeness (QED) is 0.408. The van der Waals surface area contributed by atoms with Gasteiger partial charge >= 0.3 is 5.91 Å². The molecule has 3 N–H and O–H groups in total. The Bertz CT molecular complexity index is 402. The highest BCUT2D eigenvalue weighted by molar-refractivity contribution is 5.90. The molecule has 1 amide bonds. The Kier molecular flexibility index (Phi) is 7.28. The summed E-state index contributed by atoms with van der Waals surface area (Å²) in [5.74, 6) is 5.66. The first-order chi connectivity index (χ1) is 9.65. The number of hydrogen-bond donors (Lipinski definition) is 2. The van der Waals surface area contributed by atoms with Gasteiger partial charge in [0, 0.05) is 19.7 Å². The highest BCUT2D eigenvalue weighted by atomic mass is 16.5. The van der Waals surface area contributed by atoms with E-state index < -0.39 is 5.91 Å². The molecule has 0 aliphatic heterocycles. The number of ether oxygens (including phenoxy) is 1. The highest BCUT2D eigenvalue weighted by Gasteiger charge is 2.18. The highest BCUT2D eigenvalue weighted by Crippen LogP contribution is 2.15.